The Labute approximate surface area is 161 Å². The highest BCUT2D eigenvalue weighted by atomic mass is 32.2. The van der Waals surface area contributed by atoms with Gasteiger partial charge in [0.2, 0.25) is 15.9 Å². The van der Waals surface area contributed by atoms with Gasteiger partial charge in [-0.3, -0.25) is 4.79 Å². The standard InChI is InChI=1S/C19H18FN3O4S/c20-14-5-7-15(8-6-14)28(25,26)23-11-9-22(10-12-23)19(24)13-17-16-3-1-2-4-18(16)27-21-17/h1-8H,9-13H2. The number of aromatic nitrogens is 1. The van der Waals surface area contributed by atoms with Crippen molar-refractivity contribution in [1.29, 1.82) is 0 Å². The number of piperazine rings is 1. The Morgan fingerprint density at radius 2 is 1.71 bits per heavy atom. The zero-order valence-corrected chi connectivity index (χ0v) is 15.7. The first kappa shape index (κ1) is 18.6. The zero-order chi connectivity index (χ0) is 19.7. The smallest absolute Gasteiger partial charge is 0.243 e. The fraction of sp³-hybridized carbons (Fsp3) is 0.263. The Hall–Kier alpha value is -2.78. The van der Waals surface area contributed by atoms with Crippen LogP contribution in [0.25, 0.3) is 11.0 Å². The van der Waals surface area contributed by atoms with Crippen molar-refractivity contribution in [3.05, 3.63) is 60.0 Å². The van der Waals surface area contributed by atoms with Crippen molar-refractivity contribution < 1.29 is 22.1 Å². The third-order valence-electron chi connectivity index (χ3n) is 4.81. The van der Waals surface area contributed by atoms with E-state index in [1.165, 1.54) is 16.4 Å². The van der Waals surface area contributed by atoms with Crippen LogP contribution in [-0.2, 0) is 21.2 Å². The van der Waals surface area contributed by atoms with Crippen molar-refractivity contribution >= 4 is 26.9 Å². The van der Waals surface area contributed by atoms with Gasteiger partial charge in [-0.05, 0) is 36.4 Å². The van der Waals surface area contributed by atoms with Crippen molar-refractivity contribution in [1.82, 2.24) is 14.4 Å². The molecule has 0 aliphatic carbocycles. The molecule has 0 bridgehead atoms. The average Bonchev–Trinajstić information content (AvgIpc) is 3.11. The molecule has 0 spiro atoms. The molecule has 1 fully saturated rings. The van der Waals surface area contributed by atoms with Gasteiger partial charge in [0.15, 0.2) is 5.58 Å². The SMILES string of the molecule is O=C(Cc1noc2ccccc12)N1CCN(S(=O)(=O)c2ccc(F)cc2)CC1. The van der Waals surface area contributed by atoms with Gasteiger partial charge in [-0.25, -0.2) is 12.8 Å². The van der Waals surface area contributed by atoms with Crippen molar-refractivity contribution in [2.24, 2.45) is 0 Å². The number of benzene rings is 2. The average molecular weight is 403 g/mol. The highest BCUT2D eigenvalue weighted by molar-refractivity contribution is 7.89. The summed E-state index contributed by atoms with van der Waals surface area (Å²) in [5, 5.41) is 4.77. The van der Waals surface area contributed by atoms with Gasteiger partial charge < -0.3 is 9.42 Å². The lowest BCUT2D eigenvalue weighted by atomic mass is 10.1. The molecule has 0 N–H and O–H groups in total. The van der Waals surface area contributed by atoms with E-state index >= 15 is 0 Å². The maximum Gasteiger partial charge on any atom is 0.243 e. The zero-order valence-electron chi connectivity index (χ0n) is 14.9. The Kier molecular flexibility index (Phi) is 4.86. The molecule has 0 atom stereocenters. The van der Waals surface area contributed by atoms with Crippen LogP contribution in [0.1, 0.15) is 5.69 Å². The number of hydrogen-bond acceptors (Lipinski definition) is 5. The summed E-state index contributed by atoms with van der Waals surface area (Å²) in [6.07, 6.45) is 0.0989. The topological polar surface area (TPSA) is 83.7 Å². The van der Waals surface area contributed by atoms with E-state index in [-0.39, 0.29) is 43.4 Å². The number of rotatable bonds is 4. The van der Waals surface area contributed by atoms with E-state index in [4.69, 9.17) is 4.52 Å². The molecule has 3 aromatic rings. The molecule has 0 saturated carbocycles. The van der Waals surface area contributed by atoms with Gasteiger partial charge in [0.25, 0.3) is 0 Å². The maximum atomic E-state index is 13.0. The van der Waals surface area contributed by atoms with E-state index in [2.05, 4.69) is 5.16 Å². The third kappa shape index (κ3) is 3.50. The van der Waals surface area contributed by atoms with Crippen LogP contribution in [0.3, 0.4) is 0 Å². The Balaban J connectivity index is 1.41. The lowest BCUT2D eigenvalue weighted by Crippen LogP contribution is -2.50. The molecule has 2 aromatic carbocycles. The fourth-order valence-corrected chi connectivity index (χ4v) is 4.68. The van der Waals surface area contributed by atoms with Crippen LogP contribution in [0, 0.1) is 5.82 Å². The Bertz CT molecular complexity index is 1100. The first-order valence-corrected chi connectivity index (χ1v) is 10.3. The minimum Gasteiger partial charge on any atom is -0.356 e. The van der Waals surface area contributed by atoms with Crippen LogP contribution in [0.15, 0.2) is 57.9 Å². The third-order valence-corrected chi connectivity index (χ3v) is 6.73. The van der Waals surface area contributed by atoms with Gasteiger partial charge >= 0.3 is 0 Å². The Morgan fingerprint density at radius 1 is 1.04 bits per heavy atom. The van der Waals surface area contributed by atoms with Gasteiger partial charge in [-0.1, -0.05) is 17.3 Å². The second-order valence-electron chi connectivity index (χ2n) is 6.54. The monoisotopic (exact) mass is 403 g/mol. The van der Waals surface area contributed by atoms with E-state index in [1.807, 2.05) is 18.2 Å². The van der Waals surface area contributed by atoms with Gasteiger partial charge in [-0.2, -0.15) is 4.31 Å². The molecule has 1 saturated heterocycles. The molecule has 1 aliphatic rings. The number of amides is 1. The first-order valence-electron chi connectivity index (χ1n) is 8.82. The molecule has 1 aliphatic heterocycles. The van der Waals surface area contributed by atoms with Crippen molar-refractivity contribution in [2.75, 3.05) is 26.2 Å². The summed E-state index contributed by atoms with van der Waals surface area (Å²) in [7, 11) is -3.71. The quantitative estimate of drug-likeness (QED) is 0.666. The predicted octanol–water partition coefficient (Wildman–Crippen LogP) is 2.04. The van der Waals surface area contributed by atoms with Crippen LogP contribution in [0.5, 0.6) is 0 Å². The maximum absolute atomic E-state index is 13.0. The number of para-hydroxylation sites is 1. The van der Waals surface area contributed by atoms with Gasteiger partial charge in [0.05, 0.1) is 11.3 Å². The second kappa shape index (κ2) is 7.33. The summed E-state index contributed by atoms with van der Waals surface area (Å²) in [6, 6.07) is 12.1. The van der Waals surface area contributed by atoms with Crippen LogP contribution in [0.4, 0.5) is 4.39 Å². The molecule has 0 unspecified atom stereocenters. The lowest BCUT2D eigenvalue weighted by Gasteiger charge is -2.34. The lowest BCUT2D eigenvalue weighted by molar-refractivity contribution is -0.131. The van der Waals surface area contributed by atoms with Gasteiger partial charge in [0, 0.05) is 31.6 Å². The highest BCUT2D eigenvalue weighted by Gasteiger charge is 2.30. The summed E-state index contributed by atoms with van der Waals surface area (Å²) in [5.41, 5.74) is 1.20. The normalized spacial score (nSPS) is 15.8. The molecule has 2 heterocycles. The van der Waals surface area contributed by atoms with Crippen molar-refractivity contribution in [2.45, 2.75) is 11.3 Å². The molecule has 7 nitrogen and oxygen atoms in total. The minimum atomic E-state index is -3.71. The van der Waals surface area contributed by atoms with E-state index in [0.29, 0.717) is 11.3 Å². The highest BCUT2D eigenvalue weighted by Crippen LogP contribution is 2.21. The molecule has 146 valence electrons. The summed E-state index contributed by atoms with van der Waals surface area (Å²) >= 11 is 0. The van der Waals surface area contributed by atoms with Crippen molar-refractivity contribution in [3.8, 4) is 0 Å². The van der Waals surface area contributed by atoms with E-state index in [9.17, 15) is 17.6 Å². The number of sulfonamides is 1. The minimum absolute atomic E-state index is 0.0442. The molecular weight excluding hydrogens is 385 g/mol. The molecule has 0 radical (unpaired) electrons. The van der Waals surface area contributed by atoms with Crippen LogP contribution < -0.4 is 0 Å². The number of carbonyl (C=O) groups excluding carboxylic acids is 1. The van der Waals surface area contributed by atoms with Crippen LogP contribution >= 0.6 is 0 Å². The van der Waals surface area contributed by atoms with Crippen LogP contribution in [-0.4, -0.2) is 54.9 Å². The number of hydrogen-bond donors (Lipinski definition) is 0. The van der Waals surface area contributed by atoms with Gasteiger partial charge in [-0.15, -0.1) is 0 Å². The number of nitrogens with zero attached hydrogens (tertiary/aromatic N) is 3. The largest absolute Gasteiger partial charge is 0.356 e. The van der Waals surface area contributed by atoms with E-state index in [1.54, 1.807) is 11.0 Å². The molecule has 1 aromatic heterocycles. The summed E-state index contributed by atoms with van der Waals surface area (Å²) in [4.78, 5) is 14.3. The number of carbonyl (C=O) groups is 1. The summed E-state index contributed by atoms with van der Waals surface area (Å²) in [5.74, 6) is -0.618. The fourth-order valence-electron chi connectivity index (χ4n) is 3.25. The molecule has 28 heavy (non-hydrogen) atoms. The predicted molar refractivity (Wildman–Crippen MR) is 99.5 cm³/mol. The van der Waals surface area contributed by atoms with Crippen LogP contribution in [0.2, 0.25) is 0 Å². The van der Waals surface area contributed by atoms with E-state index < -0.39 is 15.8 Å². The Morgan fingerprint density at radius 3 is 2.43 bits per heavy atom. The van der Waals surface area contributed by atoms with Gasteiger partial charge in [0.1, 0.15) is 11.5 Å². The summed E-state index contributed by atoms with van der Waals surface area (Å²) in [6.45, 7) is 0.945. The van der Waals surface area contributed by atoms with E-state index in [0.717, 1.165) is 17.5 Å². The molecule has 1 amide bonds. The molecule has 4 rings (SSSR count). The first-order chi connectivity index (χ1) is 13.4. The second-order valence-corrected chi connectivity index (χ2v) is 8.48. The molecular formula is C19H18FN3O4S. The summed E-state index contributed by atoms with van der Waals surface area (Å²) < 4.78 is 44.9. The molecule has 9 heteroatoms. The number of halogens is 1. The number of fused-ring (bicyclic) bond motifs is 1. The van der Waals surface area contributed by atoms with Crippen molar-refractivity contribution in [3.63, 3.8) is 0 Å².